The summed E-state index contributed by atoms with van der Waals surface area (Å²) in [4.78, 5) is 41.1. The van der Waals surface area contributed by atoms with Crippen molar-refractivity contribution in [3.05, 3.63) is 381 Å². The number of aromatic amines is 4. The Bertz CT molecular complexity index is 5810. The van der Waals surface area contributed by atoms with Gasteiger partial charge in [0, 0.05) is 138 Å². The number of halogens is 3. The Kier molecular flexibility index (Phi) is 25.2. The maximum absolute atomic E-state index is 13.9. The lowest BCUT2D eigenvalue weighted by Crippen LogP contribution is -2.17. The lowest BCUT2D eigenvalue weighted by atomic mass is 10.0. The van der Waals surface area contributed by atoms with Crippen LogP contribution in [0.4, 0.5) is 8.78 Å². The van der Waals surface area contributed by atoms with Crippen molar-refractivity contribution in [1.29, 1.82) is 0 Å². The van der Waals surface area contributed by atoms with Crippen LogP contribution in [0.3, 0.4) is 0 Å². The zero-order chi connectivity index (χ0) is 80.1. The summed E-state index contributed by atoms with van der Waals surface area (Å²) in [5.74, 6) is 2.41. The van der Waals surface area contributed by atoms with Gasteiger partial charge >= 0.3 is 0 Å². The second-order valence-corrected chi connectivity index (χ2v) is 28.5. The van der Waals surface area contributed by atoms with Gasteiger partial charge in [0.05, 0.1) is 69.6 Å². The van der Waals surface area contributed by atoms with Crippen LogP contribution < -0.4 is 5.32 Å². The van der Waals surface area contributed by atoms with Crippen molar-refractivity contribution in [2.75, 3.05) is 35.5 Å². The number of methoxy groups -OCH3 is 5. The highest BCUT2D eigenvalue weighted by Gasteiger charge is 2.25. The molecule has 574 valence electrons. The topological polar surface area (TPSA) is 196 Å². The standard InChI is InChI=1S/C21H19N3O.C19H20N2O.C18H19ClN2O.C18H16F2N2O.C18H18N2O/c1-13-10-14(2)23-18(13)11-20-21(25-3)12-19(24-20)16-6-4-8-17-15(16)7-5-9-22-17;1-12-5-7-15(8-6-12)17-11-19(22-4)18(21-17)10-16-13(2)9-14(3)20-16;1-11-8-12(2)20-15(11)9-17-18(22-3)10-16(21-17)13-4-6-14(19)7-5-13;1-10-6-11(2)21-15(10)8-17-18(23-3)9-16(22-17)13-5-4-12(19)7-14(13)20;1-12-9-13(2)19-15(12)10-17-18(21-3)11-16(20-17)14-7-5-4-6-8-14/h4-12,23H,1-3H3;5-11,20H,1-4H3;4-7,9-10,12,20H,8H2,1-3H3;4-9,21H,1-3H3;4-11,19H,1-3H3/b20-11+;18-10+;17-9+;17-8-;17-10+. The molecular formula is C94H92ClF2N11O5. The Morgan fingerprint density at radius 3 is 1.18 bits per heavy atom. The number of benzene rings is 5. The number of nitrogens with zero attached hydrogens (tertiary/aromatic N) is 6. The number of pyridine rings is 1. The first-order chi connectivity index (χ1) is 54.4. The van der Waals surface area contributed by atoms with E-state index in [1.54, 1.807) is 40.7 Å². The molecule has 0 saturated heterocycles. The van der Waals surface area contributed by atoms with Crippen molar-refractivity contribution in [3.8, 4) is 0 Å². The third kappa shape index (κ3) is 19.5. The Morgan fingerprint density at radius 1 is 0.398 bits per heavy atom. The van der Waals surface area contributed by atoms with Crippen LogP contribution >= 0.6 is 11.6 Å². The molecule has 5 N–H and O–H groups in total. The van der Waals surface area contributed by atoms with E-state index < -0.39 is 11.6 Å². The van der Waals surface area contributed by atoms with Gasteiger partial charge in [0.1, 0.15) is 68.9 Å². The van der Waals surface area contributed by atoms with E-state index in [0.717, 1.165) is 176 Å². The predicted molar refractivity (Wildman–Crippen MR) is 456 cm³/mol. The molecule has 16 nitrogen and oxygen atoms in total. The number of hydrogen-bond donors (Lipinski definition) is 5. The molecule has 1 atom stereocenters. The molecule has 10 aromatic rings. The van der Waals surface area contributed by atoms with Gasteiger partial charge in [-0.25, -0.2) is 33.7 Å². The molecule has 113 heavy (non-hydrogen) atoms. The van der Waals surface area contributed by atoms with Gasteiger partial charge in [0.25, 0.3) is 0 Å². The average molecular weight is 1530 g/mol. The number of fused-ring (bicyclic) bond motifs is 1. The third-order valence-corrected chi connectivity index (χ3v) is 19.5. The first kappa shape index (κ1) is 79.6. The van der Waals surface area contributed by atoms with Gasteiger partial charge in [-0.15, -0.1) is 0 Å². The number of hydrogen-bond acceptors (Lipinski definition) is 12. The number of aryl methyl sites for hydroxylation is 9. The van der Waals surface area contributed by atoms with E-state index >= 15 is 0 Å². The summed E-state index contributed by atoms with van der Waals surface area (Å²) in [6.45, 7) is 22.8. The average Bonchev–Trinajstić information content (AvgIpc) is 1.72. The molecule has 0 radical (unpaired) electrons. The van der Waals surface area contributed by atoms with Crippen LogP contribution in [0.15, 0.2) is 288 Å². The molecule has 6 aliphatic heterocycles. The first-order valence-electron chi connectivity index (χ1n) is 37.0. The Hall–Kier alpha value is -12.9. The minimum atomic E-state index is -0.649. The van der Waals surface area contributed by atoms with E-state index in [9.17, 15) is 8.78 Å². The summed E-state index contributed by atoms with van der Waals surface area (Å²) in [6, 6.07) is 48.6. The number of aliphatic imine (C=N–C) groups is 5. The smallest absolute Gasteiger partial charge is 0.146 e. The van der Waals surface area contributed by atoms with Gasteiger partial charge in [-0.3, -0.25) is 4.98 Å². The highest BCUT2D eigenvalue weighted by atomic mass is 35.5. The van der Waals surface area contributed by atoms with Crippen LogP contribution in [0, 0.1) is 73.9 Å². The molecule has 0 fully saturated rings. The predicted octanol–water partition coefficient (Wildman–Crippen LogP) is 21.4. The molecule has 5 aromatic carbocycles. The van der Waals surface area contributed by atoms with Crippen molar-refractivity contribution < 1.29 is 32.5 Å². The molecule has 0 spiro atoms. The van der Waals surface area contributed by atoms with Gasteiger partial charge in [-0.2, -0.15) is 0 Å². The largest absolute Gasteiger partial charge is 0.494 e. The van der Waals surface area contributed by atoms with Crippen LogP contribution in [0.25, 0.3) is 35.2 Å². The number of allylic oxidation sites excluding steroid dienone is 6. The molecule has 0 saturated carbocycles. The molecular weight excluding hydrogens is 1440 g/mol. The van der Waals surface area contributed by atoms with E-state index in [2.05, 4.69) is 170 Å². The first-order valence-corrected chi connectivity index (χ1v) is 37.4. The Labute approximate surface area is 664 Å². The van der Waals surface area contributed by atoms with Crippen molar-refractivity contribution in [1.82, 2.24) is 30.2 Å². The highest BCUT2D eigenvalue weighted by Crippen LogP contribution is 2.34. The summed E-state index contributed by atoms with van der Waals surface area (Å²) in [7, 11) is 8.24. The summed E-state index contributed by atoms with van der Waals surface area (Å²) < 4.78 is 54.3. The van der Waals surface area contributed by atoms with E-state index in [-0.39, 0.29) is 5.56 Å². The van der Waals surface area contributed by atoms with Crippen LogP contribution in [0.5, 0.6) is 0 Å². The maximum Gasteiger partial charge on any atom is 0.146 e. The molecule has 0 amide bonds. The van der Waals surface area contributed by atoms with Crippen molar-refractivity contribution in [2.24, 2.45) is 25.0 Å². The molecule has 5 aromatic heterocycles. The van der Waals surface area contributed by atoms with Gasteiger partial charge in [-0.1, -0.05) is 102 Å². The summed E-state index contributed by atoms with van der Waals surface area (Å²) >= 11 is 5.94. The minimum Gasteiger partial charge on any atom is -0.494 e. The molecule has 16 rings (SSSR count). The molecule has 11 heterocycles. The van der Waals surface area contributed by atoms with Crippen molar-refractivity contribution in [3.63, 3.8) is 0 Å². The number of H-pyrrole nitrogens is 4. The fourth-order valence-corrected chi connectivity index (χ4v) is 13.7. The zero-order valence-electron chi connectivity index (χ0n) is 66.4. The van der Waals surface area contributed by atoms with Crippen molar-refractivity contribution >= 4 is 75.4 Å². The third-order valence-electron chi connectivity index (χ3n) is 19.2. The van der Waals surface area contributed by atoms with E-state index in [4.69, 9.17) is 55.3 Å². The molecule has 0 aliphatic carbocycles. The summed E-state index contributed by atoms with van der Waals surface area (Å²) in [5, 5.41) is 5.28. The normalized spacial score (nSPS) is 17.2. The summed E-state index contributed by atoms with van der Waals surface area (Å²) in [6.07, 6.45) is 22.5. The van der Waals surface area contributed by atoms with Crippen LogP contribution in [0.2, 0.25) is 5.02 Å². The Balaban J connectivity index is 0.000000131. The maximum atomic E-state index is 13.9. The lowest BCUT2D eigenvalue weighted by Gasteiger charge is -2.06. The van der Waals surface area contributed by atoms with Gasteiger partial charge in [0.2, 0.25) is 0 Å². The quantitative estimate of drug-likeness (QED) is 0.0673. The fourth-order valence-electron chi connectivity index (χ4n) is 13.6. The number of ether oxygens (including phenoxy) is 5. The number of rotatable bonds is 15. The molecule has 19 heteroatoms. The monoisotopic (exact) mass is 1530 g/mol. The highest BCUT2D eigenvalue weighted by molar-refractivity contribution is 6.30. The van der Waals surface area contributed by atoms with Crippen LogP contribution in [0.1, 0.15) is 121 Å². The van der Waals surface area contributed by atoms with Crippen LogP contribution in [-0.4, -0.2) is 95.1 Å². The van der Waals surface area contributed by atoms with Gasteiger partial charge in [-0.05, 0) is 201 Å². The van der Waals surface area contributed by atoms with E-state index in [0.29, 0.717) is 23.2 Å². The molecule has 6 aliphatic rings. The van der Waals surface area contributed by atoms with E-state index in [1.165, 1.54) is 47.1 Å². The minimum absolute atomic E-state index is 0.240. The summed E-state index contributed by atoms with van der Waals surface area (Å²) in [5.41, 5.74) is 30.5. The molecule has 1 unspecified atom stereocenters. The van der Waals surface area contributed by atoms with Gasteiger partial charge in [0.15, 0.2) is 0 Å². The second kappa shape index (κ2) is 35.8. The SMILES string of the molecule is COC1=CC(c2ccc(C)cc2)=N/C1=C/c1[nH]c(C)cc1C.COC1=CC(c2ccc(Cl)cc2)=N/C1=C/C1=C(C)CC(C)N1.COC1=CC(c2ccc(F)cc2F)=N/C1=C\c1[nH]c(C)cc1C.COC1=CC(c2cccc3ncccc23)=N/C1=C/c1[nH]c(C)cc1C.COC1=CC(c2ccccc2)=N/C1=C/c1[nH]c(C)cc1C. The zero-order valence-corrected chi connectivity index (χ0v) is 67.2. The second-order valence-electron chi connectivity index (χ2n) is 28.1. The number of aromatic nitrogens is 5. The lowest BCUT2D eigenvalue weighted by molar-refractivity contribution is 0.302. The van der Waals surface area contributed by atoms with Crippen LogP contribution in [-0.2, 0) is 23.7 Å². The Morgan fingerprint density at radius 2 is 0.788 bits per heavy atom. The van der Waals surface area contributed by atoms with E-state index in [1.807, 2.05) is 129 Å². The number of nitrogens with one attached hydrogen (secondary N) is 5. The fraction of sp³-hybridized carbons (Fsp3) is 0.191. The molecule has 0 bridgehead atoms. The van der Waals surface area contributed by atoms with Crippen molar-refractivity contribution in [2.45, 2.75) is 88.6 Å². The van der Waals surface area contributed by atoms with Gasteiger partial charge < -0.3 is 48.9 Å².